The molecule has 0 saturated carbocycles. The molecule has 12 heavy (non-hydrogen) atoms. The van der Waals surface area contributed by atoms with E-state index >= 15 is 0 Å². The summed E-state index contributed by atoms with van der Waals surface area (Å²) in [6.45, 7) is 0. The molecule has 12 heteroatoms. The van der Waals surface area contributed by atoms with E-state index in [1.54, 1.807) is 0 Å². The summed E-state index contributed by atoms with van der Waals surface area (Å²) >= 11 is -16.6. The van der Waals surface area contributed by atoms with Crippen LogP contribution in [0.2, 0.25) is 0 Å². The van der Waals surface area contributed by atoms with Gasteiger partial charge in [-0.1, -0.05) is 0 Å². The molecule has 0 aromatic rings. The van der Waals surface area contributed by atoms with Crippen molar-refractivity contribution in [2.45, 2.75) is 0 Å². The van der Waals surface area contributed by atoms with Crippen molar-refractivity contribution in [1.29, 1.82) is 0 Å². The number of hydrogen-bond acceptors (Lipinski definition) is 1. The summed E-state index contributed by atoms with van der Waals surface area (Å²) in [5.41, 5.74) is 0. The maximum atomic E-state index is 9.93. The van der Waals surface area contributed by atoms with Crippen molar-refractivity contribution in [3.8, 4) is 0 Å². The summed E-state index contributed by atoms with van der Waals surface area (Å²) in [6.07, 6.45) is 0. The monoisotopic (exact) mass is 423 g/mol. The molecule has 0 unspecified atom stereocenters. The van der Waals surface area contributed by atoms with Gasteiger partial charge in [-0.05, 0) is 0 Å². The first-order chi connectivity index (χ1) is 4.45. The Hall–Kier alpha value is 0.896. The third-order valence-corrected chi connectivity index (χ3v) is 0. The fourth-order valence-corrected chi connectivity index (χ4v) is 0. The van der Waals surface area contributed by atoms with E-state index in [4.69, 9.17) is 13.2 Å². The van der Waals surface area contributed by atoms with Gasteiger partial charge in [0.2, 0.25) is 0 Å². The molecule has 3 N–H and O–H groups in total. The predicted molar refractivity (Wildman–Crippen MR) is 25.5 cm³/mol. The predicted octanol–water partition coefficient (Wildman–Crippen LogP) is -0.0302. The molecule has 0 atom stereocenters. The molecule has 0 saturated heterocycles. The van der Waals surface area contributed by atoms with Gasteiger partial charge in [0.15, 0.2) is 0 Å². The molecule has 0 bridgehead atoms. The molecule has 0 spiro atoms. The topological polar surface area (TPSA) is 77.8 Å². The average molecular weight is 425 g/mol. The van der Waals surface area contributed by atoms with E-state index in [2.05, 4.69) is 0 Å². The van der Waals surface area contributed by atoms with Crippen LogP contribution >= 0.6 is 0 Å². The molecule has 0 amide bonds. The van der Waals surface area contributed by atoms with Crippen molar-refractivity contribution in [2.24, 2.45) is 0 Å². The minimum absolute atomic E-state index is 5.35. The normalized spacial score (nSPS) is 18.4. The second-order valence-corrected chi connectivity index (χ2v) is 9.87. The van der Waals surface area contributed by atoms with Crippen molar-refractivity contribution in [3.63, 3.8) is 0 Å². The summed E-state index contributed by atoms with van der Waals surface area (Å²) in [5, 5.41) is 0. The van der Waals surface area contributed by atoms with Crippen LogP contribution in [0.4, 0.5) is 16.9 Å². The first kappa shape index (κ1) is 15.4. The van der Waals surface area contributed by atoms with Gasteiger partial charge >= 0.3 is 69.6 Å². The Labute approximate surface area is 69.4 Å². The molecule has 0 aromatic carbocycles. The summed E-state index contributed by atoms with van der Waals surface area (Å²) in [5.74, 6) is 0. The van der Waals surface area contributed by atoms with Gasteiger partial charge in [-0.25, -0.2) is 0 Å². The van der Waals surface area contributed by atoms with Crippen LogP contribution in [0.3, 0.4) is 0 Å². The third-order valence-electron chi connectivity index (χ3n) is 0. The van der Waals surface area contributed by atoms with Gasteiger partial charge in [0.05, 0.1) is 0 Å². The number of hydrogen-bond donors (Lipinski definition) is 3. The molecule has 0 heterocycles. The Kier molecular flexibility index (Phi) is 3.77. The molecule has 4 nitrogen and oxygen atoms in total. The van der Waals surface area contributed by atoms with Crippen LogP contribution in [0.5, 0.6) is 0 Å². The summed E-state index contributed by atoms with van der Waals surface area (Å²) in [7, 11) is 0. The Bertz CT molecular complexity index is 171. The molecule has 0 radical (unpaired) electrons. The van der Waals surface area contributed by atoms with Crippen molar-refractivity contribution >= 4 is 39.5 Å². The molecule has 0 fully saturated rings. The van der Waals surface area contributed by atoms with E-state index in [-0.39, 0.29) is 0 Å². The first-order valence-corrected chi connectivity index (χ1v) is 12.1. The first-order valence-electron chi connectivity index (χ1n) is 1.80. The van der Waals surface area contributed by atoms with Gasteiger partial charge in [-0.2, -0.15) is 0 Å². The zero-order valence-electron chi connectivity index (χ0n) is 4.91. The molecular formula is H3F6O4Sb2-. The van der Waals surface area contributed by atoms with Crippen LogP contribution in [0, 0.1) is 0 Å². The van der Waals surface area contributed by atoms with E-state index in [0.717, 1.165) is 0 Å². The average Bonchev–Trinajstić information content (AvgIpc) is 1.04. The van der Waals surface area contributed by atoms with Crippen molar-refractivity contribution in [3.05, 3.63) is 0 Å². The van der Waals surface area contributed by atoms with Gasteiger partial charge in [0.25, 0.3) is 0 Å². The molecule has 0 rings (SSSR count). The van der Waals surface area contributed by atoms with Crippen LogP contribution in [0.25, 0.3) is 0 Å². The maximum absolute atomic E-state index is 11.2. The van der Waals surface area contributed by atoms with Crippen molar-refractivity contribution < 1.29 is 30.1 Å². The Morgan fingerprint density at radius 2 is 0.833 bits per heavy atom. The molecule has 80 valence electrons. The molecule has 0 aromatic heterocycles. The van der Waals surface area contributed by atoms with Crippen molar-refractivity contribution in [2.75, 3.05) is 0 Å². The van der Waals surface area contributed by atoms with Gasteiger partial charge in [-0.3, -0.25) is 0 Å². The Morgan fingerprint density at radius 3 is 0.833 bits per heavy atom. The number of rotatable bonds is 0. The number of halogens is 6. The molecule has 0 aliphatic rings. The SMILES string of the molecule is [F][Sb-]([F])([F])([F])([F])[F].[O]=[Sb]([OH])([OH])[OH]. The third kappa shape index (κ3) is 1330. The summed E-state index contributed by atoms with van der Waals surface area (Å²) in [4.78, 5) is 0. The van der Waals surface area contributed by atoms with E-state index in [9.17, 15) is 16.9 Å². The van der Waals surface area contributed by atoms with Gasteiger partial charge in [0.1, 0.15) is 0 Å². The second kappa shape index (κ2) is 2.95. The molecular weight excluding hydrogens is 422 g/mol. The van der Waals surface area contributed by atoms with Gasteiger partial charge in [0, 0.05) is 0 Å². The fraction of sp³-hybridized carbons (Fsp3) is 0. The zero-order valence-corrected chi connectivity index (χ0v) is 10.0. The van der Waals surface area contributed by atoms with E-state index in [0.29, 0.717) is 0 Å². The Morgan fingerprint density at radius 1 is 0.833 bits per heavy atom. The van der Waals surface area contributed by atoms with Crippen LogP contribution < -0.4 is 0 Å². The minimum atomic E-state index is -11.2. The standard InChI is InChI=1S/6FH.3H2O.O.2Sb/h6*1H;3*1H2;;;/q;;;;;;;;;;+3;+5/p-9. The van der Waals surface area contributed by atoms with Gasteiger partial charge in [-0.15, -0.1) is 0 Å². The van der Waals surface area contributed by atoms with Crippen LogP contribution in [0.1, 0.15) is 0 Å². The summed E-state index contributed by atoms with van der Waals surface area (Å²) in [6, 6.07) is 0. The fourth-order valence-electron chi connectivity index (χ4n) is 0. The van der Waals surface area contributed by atoms with E-state index in [1.165, 1.54) is 0 Å². The van der Waals surface area contributed by atoms with Crippen LogP contribution in [0.15, 0.2) is 0 Å². The van der Waals surface area contributed by atoms with E-state index in [1.807, 2.05) is 0 Å². The van der Waals surface area contributed by atoms with Crippen LogP contribution in [-0.2, 0) is 3.02 Å². The zero-order chi connectivity index (χ0) is 10.9. The second-order valence-electron chi connectivity index (χ2n) is 1.47. The summed E-state index contributed by atoms with van der Waals surface area (Å²) < 4.78 is 90.4. The van der Waals surface area contributed by atoms with Crippen molar-refractivity contribution in [1.82, 2.24) is 0 Å². The molecule has 0 aliphatic heterocycles. The van der Waals surface area contributed by atoms with E-state index < -0.39 is 39.5 Å². The van der Waals surface area contributed by atoms with Gasteiger partial charge < -0.3 is 0 Å². The van der Waals surface area contributed by atoms with Crippen LogP contribution in [-0.4, -0.2) is 49.7 Å². The Balaban J connectivity index is 0. The molecule has 0 aliphatic carbocycles. The quantitative estimate of drug-likeness (QED) is 0.377.